The number of hydrogen-bond donors (Lipinski definition) is 0. The Balaban J connectivity index is 1.75. The Kier molecular flexibility index (Phi) is 2.20. The van der Waals surface area contributed by atoms with Gasteiger partial charge in [0.15, 0.2) is 5.16 Å². The van der Waals surface area contributed by atoms with E-state index in [-0.39, 0.29) is 11.2 Å². The monoisotopic (exact) mass is 224 g/mol. The Hall–Kier alpha value is -0.970. The number of cyclic esters (lactones) is 1. The Bertz CT molecular complexity index is 387. The number of thioether (sulfide) groups is 1. The lowest BCUT2D eigenvalue weighted by Crippen LogP contribution is -2.10. The maximum atomic E-state index is 11.3. The van der Waals surface area contributed by atoms with Crippen molar-refractivity contribution in [1.29, 1.82) is 0 Å². The van der Waals surface area contributed by atoms with Crippen LogP contribution in [0.25, 0.3) is 0 Å². The van der Waals surface area contributed by atoms with Gasteiger partial charge in [-0.15, -0.1) is 0 Å². The van der Waals surface area contributed by atoms with Crippen molar-refractivity contribution in [2.75, 3.05) is 6.61 Å². The van der Waals surface area contributed by atoms with Crippen LogP contribution in [0.2, 0.25) is 0 Å². The Morgan fingerprint density at radius 1 is 1.47 bits per heavy atom. The Morgan fingerprint density at radius 3 is 3.00 bits per heavy atom. The first kappa shape index (κ1) is 9.27. The van der Waals surface area contributed by atoms with Crippen LogP contribution in [-0.4, -0.2) is 27.4 Å². The summed E-state index contributed by atoms with van der Waals surface area (Å²) in [5, 5.41) is 0.909. The average molecular weight is 224 g/mol. The van der Waals surface area contributed by atoms with Crippen molar-refractivity contribution in [3.05, 3.63) is 12.4 Å². The Morgan fingerprint density at radius 2 is 2.33 bits per heavy atom. The van der Waals surface area contributed by atoms with Gasteiger partial charge in [-0.05, 0) is 12.8 Å². The second-order valence-corrected chi connectivity index (χ2v) is 5.08. The molecule has 0 N–H and O–H groups in total. The van der Waals surface area contributed by atoms with Gasteiger partial charge in [-0.1, -0.05) is 11.8 Å². The summed E-state index contributed by atoms with van der Waals surface area (Å²) in [6, 6.07) is 0.618. The number of rotatable bonds is 3. The van der Waals surface area contributed by atoms with E-state index in [2.05, 4.69) is 9.55 Å². The molecule has 1 saturated carbocycles. The van der Waals surface area contributed by atoms with E-state index in [1.54, 1.807) is 6.20 Å². The fourth-order valence-corrected chi connectivity index (χ4v) is 2.82. The molecular formula is C10H12N2O2S. The molecule has 1 aromatic rings. The molecule has 15 heavy (non-hydrogen) atoms. The summed E-state index contributed by atoms with van der Waals surface area (Å²) < 4.78 is 7.11. The number of carbonyl (C=O) groups excluding carboxylic acids is 1. The van der Waals surface area contributed by atoms with E-state index in [1.165, 1.54) is 24.6 Å². The first-order valence-electron chi connectivity index (χ1n) is 5.21. The third-order valence-electron chi connectivity index (χ3n) is 2.71. The highest BCUT2D eigenvalue weighted by atomic mass is 32.2. The summed E-state index contributed by atoms with van der Waals surface area (Å²) in [6.07, 6.45) is 7.08. The summed E-state index contributed by atoms with van der Waals surface area (Å²) >= 11 is 1.54. The van der Waals surface area contributed by atoms with Crippen LogP contribution in [-0.2, 0) is 9.53 Å². The Labute approximate surface area is 92.0 Å². The summed E-state index contributed by atoms with van der Waals surface area (Å²) in [5.41, 5.74) is 0. The molecule has 0 aromatic carbocycles. The van der Waals surface area contributed by atoms with Crippen molar-refractivity contribution >= 4 is 17.7 Å². The number of ether oxygens (including phenoxy) is 1. The molecular weight excluding hydrogens is 212 g/mol. The van der Waals surface area contributed by atoms with Crippen LogP contribution in [0.3, 0.4) is 0 Å². The molecule has 1 aromatic heterocycles. The van der Waals surface area contributed by atoms with Gasteiger partial charge in [0.05, 0.1) is 6.61 Å². The highest BCUT2D eigenvalue weighted by Crippen LogP contribution is 2.39. The molecule has 0 amide bonds. The molecule has 2 aliphatic rings. The molecule has 2 fully saturated rings. The van der Waals surface area contributed by atoms with Crippen LogP contribution in [0, 0.1) is 0 Å². The molecule has 1 atom stereocenters. The van der Waals surface area contributed by atoms with Crippen molar-refractivity contribution in [2.24, 2.45) is 0 Å². The van der Waals surface area contributed by atoms with Crippen molar-refractivity contribution < 1.29 is 9.53 Å². The topological polar surface area (TPSA) is 44.1 Å². The van der Waals surface area contributed by atoms with Gasteiger partial charge in [-0.2, -0.15) is 0 Å². The molecule has 1 aliphatic heterocycles. The fourth-order valence-electron chi connectivity index (χ4n) is 1.73. The van der Waals surface area contributed by atoms with Gasteiger partial charge in [0.25, 0.3) is 0 Å². The van der Waals surface area contributed by atoms with Gasteiger partial charge < -0.3 is 9.30 Å². The quantitative estimate of drug-likeness (QED) is 0.732. The van der Waals surface area contributed by atoms with Gasteiger partial charge in [0.1, 0.15) is 5.25 Å². The minimum atomic E-state index is -0.0923. The molecule has 2 heterocycles. The highest BCUT2D eigenvalue weighted by molar-refractivity contribution is 8.00. The molecule has 0 spiro atoms. The second kappa shape index (κ2) is 3.56. The number of esters is 1. The molecule has 0 radical (unpaired) electrons. The maximum absolute atomic E-state index is 11.3. The van der Waals surface area contributed by atoms with Crippen molar-refractivity contribution in [1.82, 2.24) is 9.55 Å². The van der Waals surface area contributed by atoms with E-state index >= 15 is 0 Å². The largest absolute Gasteiger partial charge is 0.465 e. The van der Waals surface area contributed by atoms with Crippen molar-refractivity contribution in [2.45, 2.75) is 35.7 Å². The number of aromatic nitrogens is 2. The lowest BCUT2D eigenvalue weighted by molar-refractivity contribution is -0.137. The third kappa shape index (κ3) is 1.76. The minimum absolute atomic E-state index is 0.0510. The summed E-state index contributed by atoms with van der Waals surface area (Å²) in [5.74, 6) is -0.0923. The molecule has 4 nitrogen and oxygen atoms in total. The molecule has 1 aliphatic carbocycles. The SMILES string of the molecule is O=C1OCCC1Sc1nccn1C1CC1. The van der Waals surface area contributed by atoms with Gasteiger partial charge in [-0.3, -0.25) is 4.79 Å². The van der Waals surface area contributed by atoms with E-state index in [9.17, 15) is 4.79 Å². The zero-order valence-electron chi connectivity index (χ0n) is 8.26. The first-order chi connectivity index (χ1) is 7.34. The van der Waals surface area contributed by atoms with Crippen molar-refractivity contribution in [3.63, 3.8) is 0 Å². The molecule has 3 rings (SSSR count). The molecule has 80 valence electrons. The average Bonchev–Trinajstić information content (AvgIpc) is 2.85. The van der Waals surface area contributed by atoms with E-state index in [1.807, 2.05) is 6.20 Å². The van der Waals surface area contributed by atoms with Crippen LogP contribution in [0.15, 0.2) is 17.6 Å². The zero-order valence-corrected chi connectivity index (χ0v) is 9.07. The summed E-state index contributed by atoms with van der Waals surface area (Å²) in [4.78, 5) is 15.6. The van der Waals surface area contributed by atoms with Crippen LogP contribution in [0.5, 0.6) is 0 Å². The fraction of sp³-hybridized carbons (Fsp3) is 0.600. The van der Waals surface area contributed by atoms with E-state index in [4.69, 9.17) is 4.74 Å². The number of nitrogens with zero attached hydrogens (tertiary/aromatic N) is 2. The minimum Gasteiger partial charge on any atom is -0.465 e. The molecule has 5 heteroatoms. The van der Waals surface area contributed by atoms with Crippen LogP contribution >= 0.6 is 11.8 Å². The smallest absolute Gasteiger partial charge is 0.319 e. The first-order valence-corrected chi connectivity index (χ1v) is 6.08. The summed E-state index contributed by atoms with van der Waals surface area (Å²) in [7, 11) is 0. The van der Waals surface area contributed by atoms with Gasteiger partial charge >= 0.3 is 5.97 Å². The molecule has 1 saturated heterocycles. The zero-order chi connectivity index (χ0) is 10.3. The van der Waals surface area contributed by atoms with E-state index in [0.29, 0.717) is 12.6 Å². The van der Waals surface area contributed by atoms with E-state index in [0.717, 1.165) is 11.6 Å². The number of hydrogen-bond acceptors (Lipinski definition) is 4. The highest BCUT2D eigenvalue weighted by Gasteiger charge is 2.31. The van der Waals surface area contributed by atoms with Gasteiger partial charge in [0.2, 0.25) is 0 Å². The van der Waals surface area contributed by atoms with E-state index < -0.39 is 0 Å². The lowest BCUT2D eigenvalue weighted by atomic mass is 10.4. The second-order valence-electron chi connectivity index (χ2n) is 3.91. The standard InChI is InChI=1S/C10H12N2O2S/c13-9-8(3-6-14-9)15-10-11-4-5-12(10)7-1-2-7/h4-5,7-8H,1-3,6H2. The number of carbonyl (C=O) groups is 1. The third-order valence-corrected chi connectivity index (χ3v) is 3.95. The molecule has 1 unspecified atom stereocenters. The summed E-state index contributed by atoms with van der Waals surface area (Å²) in [6.45, 7) is 0.556. The maximum Gasteiger partial charge on any atom is 0.319 e. The van der Waals surface area contributed by atoms with Gasteiger partial charge in [0, 0.05) is 24.9 Å². The van der Waals surface area contributed by atoms with Crippen molar-refractivity contribution in [3.8, 4) is 0 Å². The van der Waals surface area contributed by atoms with Crippen LogP contribution in [0.1, 0.15) is 25.3 Å². The normalized spacial score (nSPS) is 25.6. The number of imidazole rings is 1. The molecule has 0 bridgehead atoms. The predicted octanol–water partition coefficient (Wildman–Crippen LogP) is 1.63. The predicted molar refractivity (Wildman–Crippen MR) is 55.7 cm³/mol. The lowest BCUT2D eigenvalue weighted by Gasteiger charge is -2.07. The van der Waals surface area contributed by atoms with Gasteiger partial charge in [-0.25, -0.2) is 4.98 Å². The van der Waals surface area contributed by atoms with Crippen LogP contribution < -0.4 is 0 Å². The van der Waals surface area contributed by atoms with Crippen LogP contribution in [0.4, 0.5) is 0 Å².